The second-order valence-electron chi connectivity index (χ2n) is 6.50. The van der Waals surface area contributed by atoms with Crippen molar-refractivity contribution in [2.24, 2.45) is 5.41 Å². The van der Waals surface area contributed by atoms with Crippen molar-refractivity contribution in [3.8, 4) is 5.75 Å². The van der Waals surface area contributed by atoms with E-state index in [0.717, 1.165) is 0 Å². The number of para-hydroxylation sites is 1. The summed E-state index contributed by atoms with van der Waals surface area (Å²) in [6.45, 7) is 6.09. The smallest absolute Gasteiger partial charge is 0.319 e. The molecular formula is C18H22FN3O2. The third-order valence-corrected chi connectivity index (χ3v) is 3.51. The van der Waals surface area contributed by atoms with E-state index < -0.39 is 5.82 Å². The number of urea groups is 1. The predicted molar refractivity (Wildman–Crippen MR) is 91.5 cm³/mol. The van der Waals surface area contributed by atoms with Gasteiger partial charge in [-0.25, -0.2) is 9.18 Å². The molecular weight excluding hydrogens is 309 g/mol. The number of pyridine rings is 1. The minimum atomic E-state index is -0.426. The van der Waals surface area contributed by atoms with E-state index in [-0.39, 0.29) is 29.8 Å². The van der Waals surface area contributed by atoms with Crippen LogP contribution in [0.4, 0.5) is 14.9 Å². The molecule has 128 valence electrons. The average Bonchev–Trinajstić information content (AvgIpc) is 2.52. The molecule has 2 aromatic rings. The van der Waals surface area contributed by atoms with Crippen molar-refractivity contribution < 1.29 is 13.9 Å². The van der Waals surface area contributed by atoms with Crippen LogP contribution in [0.5, 0.6) is 5.75 Å². The van der Waals surface area contributed by atoms with Gasteiger partial charge in [0.15, 0.2) is 11.6 Å². The molecule has 1 heterocycles. The van der Waals surface area contributed by atoms with Gasteiger partial charge in [-0.3, -0.25) is 4.98 Å². The van der Waals surface area contributed by atoms with Crippen LogP contribution >= 0.6 is 0 Å². The highest BCUT2D eigenvalue weighted by molar-refractivity contribution is 5.89. The minimum absolute atomic E-state index is 0.158. The summed E-state index contributed by atoms with van der Waals surface area (Å²) in [5, 5.41) is 5.58. The van der Waals surface area contributed by atoms with Crippen LogP contribution in [0.15, 0.2) is 48.8 Å². The Hall–Kier alpha value is -2.63. The Morgan fingerprint density at radius 2 is 2.00 bits per heavy atom. The quantitative estimate of drug-likeness (QED) is 0.875. The molecule has 2 N–H and O–H groups in total. The number of rotatable bonds is 5. The van der Waals surface area contributed by atoms with Gasteiger partial charge in [-0.2, -0.15) is 0 Å². The van der Waals surface area contributed by atoms with E-state index in [2.05, 4.69) is 15.6 Å². The van der Waals surface area contributed by atoms with Gasteiger partial charge in [0.05, 0.1) is 17.9 Å². The van der Waals surface area contributed by atoms with Crippen LogP contribution in [0.25, 0.3) is 0 Å². The van der Waals surface area contributed by atoms with Crippen molar-refractivity contribution in [1.82, 2.24) is 10.3 Å². The third-order valence-electron chi connectivity index (χ3n) is 3.51. The summed E-state index contributed by atoms with van der Waals surface area (Å²) in [7, 11) is 0. The van der Waals surface area contributed by atoms with Crippen LogP contribution in [0.1, 0.15) is 20.8 Å². The fourth-order valence-corrected chi connectivity index (χ4v) is 2.01. The molecule has 0 saturated heterocycles. The molecule has 0 radical (unpaired) electrons. The number of hydrogen-bond acceptors (Lipinski definition) is 3. The topological polar surface area (TPSA) is 63.2 Å². The second kappa shape index (κ2) is 7.77. The summed E-state index contributed by atoms with van der Waals surface area (Å²) in [5.41, 5.74) is 0.329. The lowest BCUT2D eigenvalue weighted by Crippen LogP contribution is -2.49. The third kappa shape index (κ3) is 5.22. The number of amides is 2. The zero-order valence-electron chi connectivity index (χ0n) is 14.0. The molecule has 5 nitrogen and oxygen atoms in total. The van der Waals surface area contributed by atoms with E-state index in [4.69, 9.17) is 4.74 Å². The van der Waals surface area contributed by atoms with Crippen molar-refractivity contribution in [3.63, 3.8) is 0 Å². The van der Waals surface area contributed by atoms with Crippen molar-refractivity contribution >= 4 is 11.7 Å². The van der Waals surface area contributed by atoms with Gasteiger partial charge in [0.25, 0.3) is 0 Å². The highest BCUT2D eigenvalue weighted by atomic mass is 19.1. The summed E-state index contributed by atoms with van der Waals surface area (Å²) >= 11 is 0. The number of halogens is 1. The SMILES string of the molecule is CC(C)(C)C(COc1ccccc1F)NC(=O)Nc1cccnc1. The van der Waals surface area contributed by atoms with Gasteiger partial charge in [-0.1, -0.05) is 32.9 Å². The summed E-state index contributed by atoms with van der Waals surface area (Å²) in [6.07, 6.45) is 3.19. The number of ether oxygens (including phenoxy) is 1. The van der Waals surface area contributed by atoms with Gasteiger partial charge in [0.2, 0.25) is 0 Å². The Morgan fingerprint density at radius 1 is 1.25 bits per heavy atom. The van der Waals surface area contributed by atoms with Gasteiger partial charge in [0.1, 0.15) is 6.61 Å². The Morgan fingerprint density at radius 3 is 2.62 bits per heavy atom. The lowest BCUT2D eigenvalue weighted by atomic mass is 9.87. The number of benzene rings is 1. The lowest BCUT2D eigenvalue weighted by molar-refractivity contribution is 0.171. The number of anilines is 1. The summed E-state index contributed by atoms with van der Waals surface area (Å²) in [4.78, 5) is 16.1. The molecule has 2 amide bonds. The van der Waals surface area contributed by atoms with E-state index in [1.165, 1.54) is 6.07 Å². The highest BCUT2D eigenvalue weighted by Crippen LogP contribution is 2.22. The van der Waals surface area contributed by atoms with E-state index in [9.17, 15) is 9.18 Å². The second-order valence-corrected chi connectivity index (χ2v) is 6.50. The Balaban J connectivity index is 1.98. The standard InChI is InChI=1S/C18H22FN3O2/c1-18(2,3)16(12-24-15-9-5-4-8-14(15)19)22-17(23)21-13-7-6-10-20-11-13/h4-11,16H,12H2,1-3H3,(H2,21,22,23). The first-order valence-electron chi connectivity index (χ1n) is 7.71. The van der Waals surface area contributed by atoms with Crippen molar-refractivity contribution in [1.29, 1.82) is 0 Å². The molecule has 2 rings (SSSR count). The molecule has 1 aromatic heterocycles. The molecule has 0 aliphatic carbocycles. The van der Waals surface area contributed by atoms with E-state index in [0.29, 0.717) is 5.69 Å². The van der Waals surface area contributed by atoms with Crippen LogP contribution in [0, 0.1) is 11.2 Å². The molecule has 6 heteroatoms. The maximum atomic E-state index is 13.7. The zero-order chi connectivity index (χ0) is 17.6. The summed E-state index contributed by atoms with van der Waals surface area (Å²) < 4.78 is 19.2. The number of aromatic nitrogens is 1. The normalized spacial score (nSPS) is 12.3. The van der Waals surface area contributed by atoms with E-state index >= 15 is 0 Å². The molecule has 24 heavy (non-hydrogen) atoms. The molecule has 0 aliphatic rings. The molecule has 0 spiro atoms. The summed E-state index contributed by atoms with van der Waals surface area (Å²) in [5.74, 6) is -0.258. The number of carbonyl (C=O) groups is 1. The fraction of sp³-hybridized carbons (Fsp3) is 0.333. The van der Waals surface area contributed by atoms with Crippen molar-refractivity contribution in [2.45, 2.75) is 26.8 Å². The molecule has 0 saturated carbocycles. The first-order valence-corrected chi connectivity index (χ1v) is 7.71. The van der Waals surface area contributed by atoms with Crippen LogP contribution < -0.4 is 15.4 Å². The molecule has 1 atom stereocenters. The Kier molecular flexibility index (Phi) is 5.73. The number of carbonyl (C=O) groups excluding carboxylic acids is 1. The van der Waals surface area contributed by atoms with Crippen LogP contribution in [-0.4, -0.2) is 23.7 Å². The number of nitrogens with one attached hydrogen (secondary N) is 2. The average molecular weight is 331 g/mol. The van der Waals surface area contributed by atoms with Crippen LogP contribution in [0.2, 0.25) is 0 Å². The van der Waals surface area contributed by atoms with Gasteiger partial charge in [0, 0.05) is 6.20 Å². The fourth-order valence-electron chi connectivity index (χ4n) is 2.01. The van der Waals surface area contributed by atoms with E-state index in [1.807, 2.05) is 20.8 Å². The van der Waals surface area contributed by atoms with Crippen molar-refractivity contribution in [3.05, 3.63) is 54.6 Å². The monoisotopic (exact) mass is 331 g/mol. The minimum Gasteiger partial charge on any atom is -0.488 e. The highest BCUT2D eigenvalue weighted by Gasteiger charge is 2.27. The maximum absolute atomic E-state index is 13.7. The van der Waals surface area contributed by atoms with Crippen LogP contribution in [-0.2, 0) is 0 Å². The van der Waals surface area contributed by atoms with Gasteiger partial charge < -0.3 is 15.4 Å². The van der Waals surface area contributed by atoms with Gasteiger partial charge >= 0.3 is 6.03 Å². The van der Waals surface area contributed by atoms with Crippen LogP contribution in [0.3, 0.4) is 0 Å². The zero-order valence-corrected chi connectivity index (χ0v) is 14.0. The first kappa shape index (κ1) is 17.7. The first-order chi connectivity index (χ1) is 11.4. The molecule has 0 fully saturated rings. The Labute approximate surface area is 141 Å². The molecule has 1 unspecified atom stereocenters. The van der Waals surface area contributed by atoms with Gasteiger partial charge in [-0.15, -0.1) is 0 Å². The maximum Gasteiger partial charge on any atom is 0.319 e. The summed E-state index contributed by atoms with van der Waals surface area (Å²) in [6, 6.07) is 9.01. The molecule has 1 aromatic carbocycles. The lowest BCUT2D eigenvalue weighted by Gasteiger charge is -2.31. The number of hydrogen-bond donors (Lipinski definition) is 2. The molecule has 0 bridgehead atoms. The predicted octanol–water partition coefficient (Wildman–Crippen LogP) is 3.84. The van der Waals surface area contributed by atoms with Gasteiger partial charge in [-0.05, 0) is 29.7 Å². The molecule has 0 aliphatic heterocycles. The van der Waals surface area contributed by atoms with E-state index in [1.54, 1.807) is 42.7 Å². The van der Waals surface area contributed by atoms with Crippen molar-refractivity contribution in [2.75, 3.05) is 11.9 Å². The number of nitrogens with zero attached hydrogens (tertiary/aromatic N) is 1. The Bertz CT molecular complexity index is 671. The largest absolute Gasteiger partial charge is 0.488 e.